The number of hydrogen-bond acceptors (Lipinski definition) is 9. The van der Waals surface area contributed by atoms with Gasteiger partial charge in [-0.2, -0.15) is 11.8 Å². The van der Waals surface area contributed by atoms with E-state index in [1.807, 2.05) is 20.8 Å². The Morgan fingerprint density at radius 1 is 1.00 bits per heavy atom. The van der Waals surface area contributed by atoms with Crippen molar-refractivity contribution in [3.63, 3.8) is 0 Å². The number of fused-ring (bicyclic) bond motifs is 3. The van der Waals surface area contributed by atoms with Crippen LogP contribution in [0.2, 0.25) is 0 Å². The number of unbranched alkanes of at least 4 members (excludes halogenated alkanes) is 3. The van der Waals surface area contributed by atoms with E-state index in [2.05, 4.69) is 44.2 Å². The standard InChI is InChI=1S/C37H54O7S2/c1-8-11-13-14-15-17-18-24-20-28-32(45-10-3)31(25(24)21-30-29(19-16-12-9-2)43-36(4,5)44-30)27-23-46-33(38)26(27)22-37(28,34(39)41-6)35(40)42-7/h8-9,11-12,20,24-25,29-32H,10,13-19,21-23H2,1-7H3/b11-8+,12-9+/t24-,25+,29-,30-,31+,32+/m0/s1. The molecular weight excluding hydrogens is 621 g/mol. The topological polar surface area (TPSA) is 88.1 Å². The molecule has 2 aliphatic heterocycles. The van der Waals surface area contributed by atoms with Gasteiger partial charge in [-0.15, -0.1) is 0 Å². The average Bonchev–Trinajstić information content (AvgIpc) is 3.51. The fourth-order valence-corrected chi connectivity index (χ4v) is 10.5. The summed E-state index contributed by atoms with van der Waals surface area (Å²) in [7, 11) is 2.64. The predicted molar refractivity (Wildman–Crippen MR) is 186 cm³/mol. The van der Waals surface area contributed by atoms with Crippen molar-refractivity contribution in [1.29, 1.82) is 0 Å². The van der Waals surface area contributed by atoms with Crippen LogP contribution in [0.5, 0.6) is 0 Å². The summed E-state index contributed by atoms with van der Waals surface area (Å²) in [5, 5.41) is -0.222. The number of rotatable bonds is 15. The second kappa shape index (κ2) is 16.5. The van der Waals surface area contributed by atoms with Gasteiger partial charge in [0, 0.05) is 28.9 Å². The molecule has 1 fully saturated rings. The Kier molecular flexibility index (Phi) is 13.3. The fourth-order valence-electron chi connectivity index (χ4n) is 8.10. The van der Waals surface area contributed by atoms with Crippen molar-refractivity contribution in [1.82, 2.24) is 0 Å². The molecule has 4 rings (SSSR count). The Bertz CT molecular complexity index is 1220. The molecule has 9 heteroatoms. The van der Waals surface area contributed by atoms with Crippen molar-refractivity contribution >= 4 is 40.6 Å². The van der Waals surface area contributed by atoms with Gasteiger partial charge in [-0.3, -0.25) is 14.4 Å². The van der Waals surface area contributed by atoms with Crippen molar-refractivity contribution in [2.75, 3.05) is 25.7 Å². The normalized spacial score (nSPS) is 30.1. The van der Waals surface area contributed by atoms with Gasteiger partial charge in [-0.05, 0) is 95.0 Å². The zero-order valence-corrected chi connectivity index (χ0v) is 30.4. The van der Waals surface area contributed by atoms with E-state index < -0.39 is 23.1 Å². The molecule has 2 heterocycles. The van der Waals surface area contributed by atoms with Gasteiger partial charge in [0.05, 0.1) is 26.4 Å². The molecule has 0 amide bonds. The first kappa shape index (κ1) is 37.0. The fraction of sp³-hybridized carbons (Fsp3) is 0.703. The van der Waals surface area contributed by atoms with Crippen LogP contribution < -0.4 is 0 Å². The molecule has 7 nitrogen and oxygen atoms in total. The number of esters is 2. The molecule has 0 aromatic heterocycles. The second-order valence-corrected chi connectivity index (χ2v) is 15.7. The highest BCUT2D eigenvalue weighted by Gasteiger charge is 2.62. The van der Waals surface area contributed by atoms with Crippen molar-refractivity contribution in [3.05, 3.63) is 47.1 Å². The summed E-state index contributed by atoms with van der Waals surface area (Å²) in [5.74, 6) is -0.387. The molecule has 6 atom stereocenters. The monoisotopic (exact) mass is 674 g/mol. The first-order chi connectivity index (χ1) is 22.1. The van der Waals surface area contributed by atoms with E-state index in [-0.39, 0.29) is 46.7 Å². The Morgan fingerprint density at radius 3 is 2.33 bits per heavy atom. The molecule has 1 saturated heterocycles. The van der Waals surface area contributed by atoms with Gasteiger partial charge in [0.25, 0.3) is 0 Å². The van der Waals surface area contributed by atoms with Gasteiger partial charge >= 0.3 is 11.9 Å². The van der Waals surface area contributed by atoms with Gasteiger partial charge in [0.2, 0.25) is 5.12 Å². The van der Waals surface area contributed by atoms with E-state index in [9.17, 15) is 14.4 Å². The maximum absolute atomic E-state index is 13.9. The van der Waals surface area contributed by atoms with Crippen molar-refractivity contribution < 1.29 is 33.3 Å². The number of methoxy groups -OCH3 is 2. The highest BCUT2D eigenvalue weighted by atomic mass is 32.2. The van der Waals surface area contributed by atoms with Crippen LogP contribution in [-0.4, -0.2) is 66.0 Å². The maximum atomic E-state index is 13.9. The molecule has 256 valence electrons. The van der Waals surface area contributed by atoms with Crippen LogP contribution in [-0.2, 0) is 33.3 Å². The van der Waals surface area contributed by atoms with Crippen molar-refractivity contribution in [2.24, 2.45) is 23.2 Å². The third-order valence-electron chi connectivity index (χ3n) is 10.1. The lowest BCUT2D eigenvalue weighted by atomic mass is 9.63. The smallest absolute Gasteiger partial charge is 0.327 e. The Balaban J connectivity index is 1.86. The minimum atomic E-state index is -1.69. The first-order valence-electron chi connectivity index (χ1n) is 17.1. The zero-order chi connectivity index (χ0) is 33.5. The van der Waals surface area contributed by atoms with Crippen LogP contribution in [0.25, 0.3) is 0 Å². The average molecular weight is 675 g/mol. The van der Waals surface area contributed by atoms with Crippen LogP contribution in [0.4, 0.5) is 0 Å². The lowest BCUT2D eigenvalue weighted by molar-refractivity contribution is -0.166. The van der Waals surface area contributed by atoms with E-state index >= 15 is 0 Å². The second-order valence-electron chi connectivity index (χ2n) is 13.3. The summed E-state index contributed by atoms with van der Waals surface area (Å²) in [6, 6.07) is 0. The van der Waals surface area contributed by atoms with Crippen molar-refractivity contribution in [2.45, 2.75) is 116 Å². The number of carbonyl (C=O) groups is 3. The highest BCUT2D eigenvalue weighted by molar-refractivity contribution is 8.14. The zero-order valence-electron chi connectivity index (χ0n) is 28.8. The maximum Gasteiger partial charge on any atom is 0.327 e. The van der Waals surface area contributed by atoms with Gasteiger partial charge in [-0.1, -0.05) is 61.9 Å². The molecule has 0 unspecified atom stereocenters. The summed E-state index contributed by atoms with van der Waals surface area (Å²) < 4.78 is 23.9. The molecule has 0 spiro atoms. The minimum Gasteiger partial charge on any atom is -0.468 e. The van der Waals surface area contributed by atoms with Crippen LogP contribution in [0.3, 0.4) is 0 Å². The highest BCUT2D eigenvalue weighted by Crippen LogP contribution is 2.59. The number of thioether (sulfide) groups is 2. The van der Waals surface area contributed by atoms with Crippen LogP contribution in [0.15, 0.2) is 47.1 Å². The Labute approximate surface area is 284 Å². The number of allylic oxidation sites excluding steroid dienone is 5. The number of ether oxygens (including phenoxy) is 4. The largest absolute Gasteiger partial charge is 0.468 e. The summed E-state index contributed by atoms with van der Waals surface area (Å²) in [6.07, 6.45) is 18.4. The van der Waals surface area contributed by atoms with E-state index in [4.69, 9.17) is 18.9 Å². The predicted octanol–water partition coefficient (Wildman–Crippen LogP) is 8.00. The van der Waals surface area contributed by atoms with Crippen LogP contribution in [0.1, 0.15) is 92.4 Å². The van der Waals surface area contributed by atoms with E-state index in [1.165, 1.54) is 26.0 Å². The van der Waals surface area contributed by atoms with E-state index in [0.717, 1.165) is 68.3 Å². The Morgan fingerprint density at radius 2 is 1.67 bits per heavy atom. The van der Waals surface area contributed by atoms with Gasteiger partial charge in [0.15, 0.2) is 11.2 Å². The number of hydrogen-bond donors (Lipinski definition) is 0. The molecular formula is C37H54O7S2. The molecule has 0 aromatic rings. The Hall–Kier alpha value is -1.81. The molecule has 0 saturated carbocycles. The number of carbonyl (C=O) groups excluding carboxylic acids is 3. The van der Waals surface area contributed by atoms with E-state index in [0.29, 0.717) is 11.3 Å². The molecule has 2 bridgehead atoms. The SMILES string of the molecule is C/C=C/CCCCC[C@H]1C=C2[C@@H](SCC)[C@@H](C3=C(CC2(C(=O)OC)C(=O)OC)C(=O)SC3)[C@@H]1C[C@@H]1OC(C)(C)O[C@H]1CC/C=C/C. The van der Waals surface area contributed by atoms with Crippen molar-refractivity contribution in [3.8, 4) is 0 Å². The molecule has 46 heavy (non-hydrogen) atoms. The van der Waals surface area contributed by atoms with Crippen LogP contribution >= 0.6 is 23.5 Å². The molecule has 0 aromatic carbocycles. The quantitative estimate of drug-likeness (QED) is 0.0742. The van der Waals surface area contributed by atoms with Gasteiger partial charge < -0.3 is 18.9 Å². The summed E-state index contributed by atoms with van der Waals surface area (Å²) in [5.41, 5.74) is 0.763. The lowest BCUT2D eigenvalue weighted by Gasteiger charge is -2.46. The van der Waals surface area contributed by atoms with Gasteiger partial charge in [-0.25, -0.2) is 0 Å². The summed E-state index contributed by atoms with van der Waals surface area (Å²) in [6.45, 7) is 10.2. The molecule has 0 radical (unpaired) electrons. The summed E-state index contributed by atoms with van der Waals surface area (Å²) >= 11 is 3.05. The molecule has 0 N–H and O–H groups in total. The molecule has 2 aliphatic carbocycles. The lowest BCUT2D eigenvalue weighted by Crippen LogP contribution is -2.49. The van der Waals surface area contributed by atoms with Crippen LogP contribution in [0, 0.1) is 23.2 Å². The van der Waals surface area contributed by atoms with Gasteiger partial charge in [0.1, 0.15) is 0 Å². The summed E-state index contributed by atoms with van der Waals surface area (Å²) in [4.78, 5) is 41.3. The molecule has 4 aliphatic rings. The minimum absolute atomic E-state index is 0.0124. The van der Waals surface area contributed by atoms with E-state index in [1.54, 1.807) is 11.8 Å². The third-order valence-corrected chi connectivity index (χ3v) is 12.3. The first-order valence-corrected chi connectivity index (χ1v) is 19.1. The third kappa shape index (κ3) is 7.74.